The lowest BCUT2D eigenvalue weighted by atomic mass is 10.1. The molecular formula is C18H17BrN3O2S-. The summed E-state index contributed by atoms with van der Waals surface area (Å²) in [6, 6.07) is 9.22. The molecule has 0 radical (unpaired) electrons. The molecule has 5 nitrogen and oxygen atoms in total. The summed E-state index contributed by atoms with van der Waals surface area (Å²) in [4.78, 5) is 19.8. The van der Waals surface area contributed by atoms with E-state index in [0.717, 1.165) is 40.4 Å². The minimum atomic E-state index is -0.355. The number of aryl methyl sites for hydroxylation is 2. The van der Waals surface area contributed by atoms with Crippen molar-refractivity contribution in [2.45, 2.75) is 26.7 Å². The lowest BCUT2D eigenvalue weighted by Gasteiger charge is -2.01. The molecule has 0 spiro atoms. The average molecular weight is 419 g/mol. The summed E-state index contributed by atoms with van der Waals surface area (Å²) in [5.74, 6) is 0. The number of nitro groups is 1. The van der Waals surface area contributed by atoms with Crippen LogP contribution in [0, 0.1) is 17.0 Å². The summed E-state index contributed by atoms with van der Waals surface area (Å²) < 4.78 is 0. The van der Waals surface area contributed by atoms with Gasteiger partial charge in [-0.05, 0) is 25.5 Å². The van der Waals surface area contributed by atoms with E-state index in [-0.39, 0.29) is 27.6 Å². The standard InChI is InChI=1S/C18H17N3O2S.BrH/c1-3-4-15-9-14(7-8-19-15)18-20-16(11-24-18)13-6-5-12(2)17(10-13)21(22)23;/h5-11H,3-4H2,1-2H3;1H/p-1. The number of halogens is 1. The van der Waals surface area contributed by atoms with Gasteiger partial charge in [0.25, 0.3) is 5.69 Å². The van der Waals surface area contributed by atoms with Crippen LogP contribution in [0.25, 0.3) is 21.8 Å². The normalized spacial score (nSPS) is 10.3. The first-order valence-corrected chi connectivity index (χ1v) is 8.62. The maximum atomic E-state index is 11.1. The van der Waals surface area contributed by atoms with Gasteiger partial charge in [0.2, 0.25) is 0 Å². The first-order chi connectivity index (χ1) is 11.6. The second-order valence-electron chi connectivity index (χ2n) is 5.58. The molecule has 2 aromatic heterocycles. The van der Waals surface area contributed by atoms with Gasteiger partial charge in [0.15, 0.2) is 0 Å². The Balaban J connectivity index is 0.00000225. The Bertz CT molecular complexity index is 896. The number of rotatable bonds is 5. The molecule has 0 aliphatic carbocycles. The SMILES string of the molecule is CCCc1cc(-c2nc(-c3ccc(C)c([N+](=O)[O-])c3)cs2)ccn1.[Br-]. The fourth-order valence-electron chi connectivity index (χ4n) is 2.51. The van der Waals surface area contributed by atoms with E-state index in [1.165, 1.54) is 11.3 Å². The number of pyridine rings is 1. The third kappa shape index (κ3) is 4.29. The van der Waals surface area contributed by atoms with Gasteiger partial charge in [0, 0.05) is 40.0 Å². The lowest BCUT2D eigenvalue weighted by molar-refractivity contribution is -0.385. The van der Waals surface area contributed by atoms with Crippen LogP contribution in [0.1, 0.15) is 24.6 Å². The van der Waals surface area contributed by atoms with E-state index >= 15 is 0 Å². The highest BCUT2D eigenvalue weighted by molar-refractivity contribution is 7.13. The predicted molar refractivity (Wildman–Crippen MR) is 96.2 cm³/mol. The van der Waals surface area contributed by atoms with Gasteiger partial charge in [-0.1, -0.05) is 25.5 Å². The second-order valence-corrected chi connectivity index (χ2v) is 6.44. The van der Waals surface area contributed by atoms with Crippen LogP contribution >= 0.6 is 11.3 Å². The zero-order valence-electron chi connectivity index (χ0n) is 13.9. The van der Waals surface area contributed by atoms with E-state index in [0.29, 0.717) is 5.56 Å². The largest absolute Gasteiger partial charge is 1.00 e. The summed E-state index contributed by atoms with van der Waals surface area (Å²) in [5, 5.41) is 13.9. The van der Waals surface area contributed by atoms with E-state index in [2.05, 4.69) is 23.0 Å². The topological polar surface area (TPSA) is 68.9 Å². The van der Waals surface area contributed by atoms with Crippen molar-refractivity contribution in [3.63, 3.8) is 0 Å². The highest BCUT2D eigenvalue weighted by atomic mass is 79.9. The zero-order valence-corrected chi connectivity index (χ0v) is 16.3. The van der Waals surface area contributed by atoms with Gasteiger partial charge >= 0.3 is 0 Å². The van der Waals surface area contributed by atoms with E-state index in [1.54, 1.807) is 25.3 Å². The van der Waals surface area contributed by atoms with Gasteiger partial charge in [-0.25, -0.2) is 4.98 Å². The maximum absolute atomic E-state index is 11.1. The van der Waals surface area contributed by atoms with Gasteiger partial charge < -0.3 is 17.0 Å². The minimum Gasteiger partial charge on any atom is -1.00 e. The number of thiazole rings is 1. The summed E-state index contributed by atoms with van der Waals surface area (Å²) in [6.07, 6.45) is 3.79. The third-order valence-corrected chi connectivity index (χ3v) is 4.67. The van der Waals surface area contributed by atoms with Crippen molar-refractivity contribution in [2.75, 3.05) is 0 Å². The fraction of sp³-hybridized carbons (Fsp3) is 0.222. The Kier molecular flexibility index (Phi) is 6.39. The monoisotopic (exact) mass is 418 g/mol. The van der Waals surface area contributed by atoms with Crippen molar-refractivity contribution in [1.82, 2.24) is 9.97 Å². The Hall–Kier alpha value is -2.12. The van der Waals surface area contributed by atoms with E-state index in [4.69, 9.17) is 0 Å². The average Bonchev–Trinajstić information content (AvgIpc) is 3.06. The molecule has 1 aromatic carbocycles. The summed E-state index contributed by atoms with van der Waals surface area (Å²) in [7, 11) is 0. The predicted octanol–water partition coefficient (Wildman–Crippen LogP) is 2.05. The van der Waals surface area contributed by atoms with Crippen LogP contribution in [0.2, 0.25) is 0 Å². The Morgan fingerprint density at radius 2 is 2.00 bits per heavy atom. The van der Waals surface area contributed by atoms with Gasteiger partial charge in [0.1, 0.15) is 5.01 Å². The Morgan fingerprint density at radius 3 is 2.72 bits per heavy atom. The number of hydrogen-bond acceptors (Lipinski definition) is 5. The number of nitrogens with zero attached hydrogens (tertiary/aromatic N) is 3. The van der Waals surface area contributed by atoms with Crippen LogP contribution < -0.4 is 17.0 Å². The van der Waals surface area contributed by atoms with Crippen LogP contribution in [0.3, 0.4) is 0 Å². The van der Waals surface area contributed by atoms with E-state index in [1.807, 2.05) is 17.5 Å². The van der Waals surface area contributed by atoms with Crippen molar-refractivity contribution in [1.29, 1.82) is 0 Å². The quantitative estimate of drug-likeness (QED) is 0.469. The first kappa shape index (κ1) is 19.2. The maximum Gasteiger partial charge on any atom is 0.272 e. The van der Waals surface area contributed by atoms with E-state index < -0.39 is 0 Å². The molecule has 3 rings (SSSR count). The van der Waals surface area contributed by atoms with Crippen LogP contribution in [0.5, 0.6) is 0 Å². The molecule has 2 heterocycles. The van der Waals surface area contributed by atoms with Crippen LogP contribution in [-0.2, 0) is 6.42 Å². The molecule has 0 fully saturated rings. The summed E-state index contributed by atoms with van der Waals surface area (Å²) in [6.45, 7) is 3.86. The lowest BCUT2D eigenvalue weighted by Crippen LogP contribution is -3.00. The molecule has 0 aliphatic rings. The van der Waals surface area contributed by atoms with Gasteiger partial charge in [-0.3, -0.25) is 15.1 Å². The van der Waals surface area contributed by atoms with Gasteiger partial charge in [-0.15, -0.1) is 11.3 Å². The van der Waals surface area contributed by atoms with Crippen LogP contribution in [0.4, 0.5) is 5.69 Å². The molecule has 0 amide bonds. The Morgan fingerprint density at radius 1 is 1.20 bits per heavy atom. The molecule has 0 aliphatic heterocycles. The molecule has 0 N–H and O–H groups in total. The highest BCUT2D eigenvalue weighted by Crippen LogP contribution is 2.31. The highest BCUT2D eigenvalue weighted by Gasteiger charge is 2.14. The molecule has 25 heavy (non-hydrogen) atoms. The zero-order chi connectivity index (χ0) is 17.1. The molecular weight excluding hydrogens is 402 g/mol. The third-order valence-electron chi connectivity index (χ3n) is 3.78. The fourth-order valence-corrected chi connectivity index (χ4v) is 3.33. The molecule has 0 atom stereocenters. The van der Waals surface area contributed by atoms with Gasteiger partial charge in [-0.2, -0.15) is 0 Å². The molecule has 3 aromatic rings. The van der Waals surface area contributed by atoms with Crippen LogP contribution in [-0.4, -0.2) is 14.9 Å². The van der Waals surface area contributed by atoms with Crippen LogP contribution in [0.15, 0.2) is 41.9 Å². The van der Waals surface area contributed by atoms with Crippen molar-refractivity contribution in [3.8, 4) is 21.8 Å². The molecule has 0 unspecified atom stereocenters. The molecule has 7 heteroatoms. The number of hydrogen-bond donors (Lipinski definition) is 0. The molecule has 0 bridgehead atoms. The molecule has 130 valence electrons. The Labute approximate surface area is 160 Å². The van der Waals surface area contributed by atoms with Gasteiger partial charge in [0.05, 0.1) is 10.6 Å². The van der Waals surface area contributed by atoms with Crippen molar-refractivity contribution < 1.29 is 21.9 Å². The number of nitro benzene ring substituents is 1. The smallest absolute Gasteiger partial charge is 0.272 e. The van der Waals surface area contributed by atoms with E-state index in [9.17, 15) is 10.1 Å². The van der Waals surface area contributed by atoms with Crippen molar-refractivity contribution in [3.05, 3.63) is 63.3 Å². The van der Waals surface area contributed by atoms with Crippen molar-refractivity contribution >= 4 is 17.0 Å². The summed E-state index contributed by atoms with van der Waals surface area (Å²) in [5.41, 5.74) is 4.38. The van der Waals surface area contributed by atoms with Crippen molar-refractivity contribution in [2.24, 2.45) is 0 Å². The number of aromatic nitrogens is 2. The second kappa shape index (κ2) is 8.31. The molecule has 0 saturated heterocycles. The molecule has 0 saturated carbocycles. The first-order valence-electron chi connectivity index (χ1n) is 7.74. The number of benzene rings is 1. The summed E-state index contributed by atoms with van der Waals surface area (Å²) >= 11 is 1.53. The minimum absolute atomic E-state index is 0.